The van der Waals surface area contributed by atoms with E-state index in [1.807, 2.05) is 0 Å². The van der Waals surface area contributed by atoms with Crippen molar-refractivity contribution in [2.45, 2.75) is 77.7 Å². The van der Waals surface area contributed by atoms with Gasteiger partial charge in [-0.25, -0.2) is 0 Å². The van der Waals surface area contributed by atoms with Crippen LogP contribution in [0.5, 0.6) is 0 Å². The molecule has 0 spiro atoms. The van der Waals surface area contributed by atoms with Crippen molar-refractivity contribution in [3.8, 4) is 0 Å². The second-order valence-electron chi connectivity index (χ2n) is 6.00. The third-order valence-electron chi connectivity index (χ3n) is 4.13. The first-order valence-corrected chi connectivity index (χ1v) is 6.84. The molecule has 0 saturated heterocycles. The van der Waals surface area contributed by atoms with Crippen molar-refractivity contribution in [3.63, 3.8) is 0 Å². The monoisotopic (exact) mass is 211 g/mol. The van der Waals surface area contributed by atoms with Gasteiger partial charge in [0.25, 0.3) is 0 Å². The predicted molar refractivity (Wildman–Crippen MR) is 67.9 cm³/mol. The summed E-state index contributed by atoms with van der Waals surface area (Å²) in [5.41, 5.74) is 6.70. The Kier molecular flexibility index (Phi) is 5.11. The maximum atomic E-state index is 6.52. The van der Waals surface area contributed by atoms with Gasteiger partial charge in [0.1, 0.15) is 0 Å². The van der Waals surface area contributed by atoms with Gasteiger partial charge in [-0.2, -0.15) is 0 Å². The predicted octanol–water partition coefficient (Wildman–Crippen LogP) is 4.11. The van der Waals surface area contributed by atoms with Crippen LogP contribution >= 0.6 is 0 Å². The van der Waals surface area contributed by atoms with E-state index in [-0.39, 0.29) is 5.54 Å². The molecule has 0 aromatic heterocycles. The molecular weight excluding hydrogens is 182 g/mol. The van der Waals surface area contributed by atoms with Crippen LogP contribution in [0, 0.1) is 11.8 Å². The van der Waals surface area contributed by atoms with Crippen molar-refractivity contribution in [2.24, 2.45) is 17.6 Å². The summed E-state index contributed by atoms with van der Waals surface area (Å²) in [4.78, 5) is 0. The molecule has 0 amide bonds. The van der Waals surface area contributed by atoms with E-state index >= 15 is 0 Å². The number of nitrogens with two attached hydrogens (primary N) is 1. The van der Waals surface area contributed by atoms with E-state index in [1.54, 1.807) is 0 Å². The van der Waals surface area contributed by atoms with Crippen molar-refractivity contribution in [1.82, 2.24) is 0 Å². The standard InChI is InChI=1S/C14H29N/c1-4-13-6-5-9-14(15,11-8-13)10-7-12(2)3/h12-13H,4-11,15H2,1-3H3. The van der Waals surface area contributed by atoms with E-state index in [9.17, 15) is 0 Å². The van der Waals surface area contributed by atoms with Crippen LogP contribution in [-0.4, -0.2) is 5.54 Å². The summed E-state index contributed by atoms with van der Waals surface area (Å²) in [6.07, 6.45) is 10.5. The van der Waals surface area contributed by atoms with Gasteiger partial charge in [-0.1, -0.05) is 40.0 Å². The molecule has 15 heavy (non-hydrogen) atoms. The van der Waals surface area contributed by atoms with Crippen LogP contribution in [0.3, 0.4) is 0 Å². The Hall–Kier alpha value is -0.0400. The van der Waals surface area contributed by atoms with Crippen LogP contribution < -0.4 is 5.73 Å². The van der Waals surface area contributed by atoms with E-state index in [0.29, 0.717) is 0 Å². The van der Waals surface area contributed by atoms with E-state index < -0.39 is 0 Å². The molecule has 0 aromatic carbocycles. The first-order valence-electron chi connectivity index (χ1n) is 6.84. The molecule has 2 unspecified atom stereocenters. The van der Waals surface area contributed by atoms with Crippen molar-refractivity contribution >= 4 is 0 Å². The Morgan fingerprint density at radius 2 is 2.00 bits per heavy atom. The summed E-state index contributed by atoms with van der Waals surface area (Å²) < 4.78 is 0. The molecule has 2 N–H and O–H groups in total. The normalized spacial score (nSPS) is 33.0. The lowest BCUT2D eigenvalue weighted by Crippen LogP contribution is -2.39. The molecule has 1 aliphatic carbocycles. The van der Waals surface area contributed by atoms with Gasteiger partial charge in [0, 0.05) is 5.54 Å². The summed E-state index contributed by atoms with van der Waals surface area (Å²) in [7, 11) is 0. The van der Waals surface area contributed by atoms with Gasteiger partial charge in [0.05, 0.1) is 0 Å². The minimum Gasteiger partial charge on any atom is -0.325 e. The number of rotatable bonds is 4. The molecule has 2 atom stereocenters. The van der Waals surface area contributed by atoms with Crippen molar-refractivity contribution in [2.75, 3.05) is 0 Å². The quantitative estimate of drug-likeness (QED) is 0.696. The maximum Gasteiger partial charge on any atom is 0.0154 e. The molecule has 0 heterocycles. The molecule has 1 nitrogen and oxygen atoms in total. The average molecular weight is 211 g/mol. The lowest BCUT2D eigenvalue weighted by Gasteiger charge is -2.29. The van der Waals surface area contributed by atoms with Gasteiger partial charge >= 0.3 is 0 Å². The van der Waals surface area contributed by atoms with Gasteiger partial charge in [-0.05, 0) is 43.9 Å². The Morgan fingerprint density at radius 1 is 1.27 bits per heavy atom. The minimum absolute atomic E-state index is 0.175. The highest BCUT2D eigenvalue weighted by Gasteiger charge is 2.28. The Labute approximate surface area is 95.8 Å². The van der Waals surface area contributed by atoms with Crippen molar-refractivity contribution < 1.29 is 0 Å². The Balaban J connectivity index is 2.39. The molecule has 0 aliphatic heterocycles. The fourth-order valence-electron chi connectivity index (χ4n) is 2.74. The Morgan fingerprint density at radius 3 is 2.60 bits per heavy atom. The smallest absolute Gasteiger partial charge is 0.0154 e. The van der Waals surface area contributed by atoms with E-state index in [0.717, 1.165) is 11.8 Å². The van der Waals surface area contributed by atoms with Gasteiger partial charge in [-0.15, -0.1) is 0 Å². The zero-order valence-electron chi connectivity index (χ0n) is 10.9. The second-order valence-corrected chi connectivity index (χ2v) is 6.00. The van der Waals surface area contributed by atoms with Gasteiger partial charge in [0.2, 0.25) is 0 Å². The highest BCUT2D eigenvalue weighted by Crippen LogP contribution is 2.33. The molecule has 1 fully saturated rings. The van der Waals surface area contributed by atoms with Gasteiger partial charge in [-0.3, -0.25) is 0 Å². The molecule has 1 saturated carbocycles. The minimum atomic E-state index is 0.175. The van der Waals surface area contributed by atoms with Crippen LogP contribution in [0.15, 0.2) is 0 Å². The third-order valence-corrected chi connectivity index (χ3v) is 4.13. The maximum absolute atomic E-state index is 6.52. The summed E-state index contributed by atoms with van der Waals surface area (Å²) in [5, 5.41) is 0. The van der Waals surface area contributed by atoms with Crippen molar-refractivity contribution in [1.29, 1.82) is 0 Å². The van der Waals surface area contributed by atoms with Gasteiger partial charge in [0.15, 0.2) is 0 Å². The van der Waals surface area contributed by atoms with E-state index in [1.165, 1.54) is 51.4 Å². The molecule has 0 bridgehead atoms. The lowest BCUT2D eigenvalue weighted by molar-refractivity contribution is 0.312. The molecule has 90 valence electrons. The molecule has 1 rings (SSSR count). The van der Waals surface area contributed by atoms with Crippen LogP contribution in [0.2, 0.25) is 0 Å². The van der Waals surface area contributed by atoms with Gasteiger partial charge < -0.3 is 5.73 Å². The fourth-order valence-corrected chi connectivity index (χ4v) is 2.74. The van der Waals surface area contributed by atoms with Crippen LogP contribution in [0.4, 0.5) is 0 Å². The highest BCUT2D eigenvalue weighted by atomic mass is 14.7. The molecule has 0 radical (unpaired) electrons. The first kappa shape index (κ1) is 13.0. The van der Waals surface area contributed by atoms with E-state index in [4.69, 9.17) is 5.73 Å². The fraction of sp³-hybridized carbons (Fsp3) is 1.00. The average Bonchev–Trinajstić information content (AvgIpc) is 2.38. The summed E-state index contributed by atoms with van der Waals surface area (Å²) in [6.45, 7) is 6.92. The van der Waals surface area contributed by atoms with Crippen molar-refractivity contribution in [3.05, 3.63) is 0 Å². The summed E-state index contributed by atoms with van der Waals surface area (Å²) in [5.74, 6) is 1.75. The lowest BCUT2D eigenvalue weighted by atomic mass is 9.84. The van der Waals surface area contributed by atoms with Crippen LogP contribution in [0.25, 0.3) is 0 Å². The van der Waals surface area contributed by atoms with Crippen LogP contribution in [0.1, 0.15) is 72.1 Å². The topological polar surface area (TPSA) is 26.0 Å². The third kappa shape index (κ3) is 4.55. The largest absolute Gasteiger partial charge is 0.325 e. The SMILES string of the molecule is CCC1CCCC(N)(CCC(C)C)CC1. The first-order chi connectivity index (χ1) is 7.06. The molecule has 0 aromatic rings. The summed E-state index contributed by atoms with van der Waals surface area (Å²) >= 11 is 0. The molecular formula is C14H29N. The summed E-state index contributed by atoms with van der Waals surface area (Å²) in [6, 6.07) is 0. The Bertz CT molecular complexity index is 176. The highest BCUT2D eigenvalue weighted by molar-refractivity contribution is 4.87. The molecule has 1 heteroatoms. The van der Waals surface area contributed by atoms with E-state index in [2.05, 4.69) is 20.8 Å². The number of hydrogen-bond donors (Lipinski definition) is 1. The number of hydrogen-bond acceptors (Lipinski definition) is 1. The zero-order chi connectivity index (χ0) is 11.3. The second kappa shape index (κ2) is 5.89. The van der Waals surface area contributed by atoms with Crippen LogP contribution in [-0.2, 0) is 0 Å². The molecule has 1 aliphatic rings. The zero-order valence-corrected chi connectivity index (χ0v) is 10.9.